The first kappa shape index (κ1) is 20.2. The van der Waals surface area contributed by atoms with E-state index in [0.29, 0.717) is 40.0 Å². The third kappa shape index (κ3) is 4.26. The number of nitrogens with one attached hydrogen (secondary N) is 1. The maximum Gasteiger partial charge on any atom is 0.272 e. The second kappa shape index (κ2) is 8.36. The molecule has 1 amide bonds. The van der Waals surface area contributed by atoms with Crippen molar-refractivity contribution in [1.82, 2.24) is 9.55 Å². The van der Waals surface area contributed by atoms with Gasteiger partial charge in [0.1, 0.15) is 5.69 Å². The van der Waals surface area contributed by atoms with Crippen LogP contribution in [0, 0.1) is 5.92 Å². The Balaban J connectivity index is 1.53. The Labute approximate surface area is 178 Å². The van der Waals surface area contributed by atoms with E-state index < -0.39 is 0 Å². The highest BCUT2D eigenvalue weighted by atomic mass is 35.5. The Morgan fingerprint density at radius 3 is 2.80 bits per heavy atom. The van der Waals surface area contributed by atoms with Gasteiger partial charge in [0.05, 0.1) is 11.0 Å². The van der Waals surface area contributed by atoms with Crippen LogP contribution in [0.5, 0.6) is 11.5 Å². The molecule has 0 atom stereocenters. The molecular formula is C22H22ClN3O4. The Bertz CT molecular complexity index is 1170. The van der Waals surface area contributed by atoms with Crippen LogP contribution in [0.1, 0.15) is 26.0 Å². The molecule has 1 aliphatic rings. The Hall–Kier alpha value is -3.06. The van der Waals surface area contributed by atoms with Crippen molar-refractivity contribution in [3.8, 4) is 11.5 Å². The van der Waals surface area contributed by atoms with Gasteiger partial charge in [0, 0.05) is 36.2 Å². The molecule has 0 aliphatic carbocycles. The number of halogens is 1. The molecule has 4 rings (SSSR count). The van der Waals surface area contributed by atoms with Crippen LogP contribution in [-0.4, -0.2) is 22.3 Å². The van der Waals surface area contributed by atoms with Crippen molar-refractivity contribution in [2.45, 2.75) is 33.2 Å². The summed E-state index contributed by atoms with van der Waals surface area (Å²) in [6.07, 6.45) is 0.361. The van der Waals surface area contributed by atoms with Gasteiger partial charge < -0.3 is 19.4 Å². The zero-order valence-electron chi connectivity index (χ0n) is 16.8. The number of rotatable bonds is 6. The quantitative estimate of drug-likeness (QED) is 0.642. The molecular weight excluding hydrogens is 406 g/mol. The van der Waals surface area contributed by atoms with E-state index >= 15 is 0 Å². The van der Waals surface area contributed by atoms with Crippen LogP contribution in [0.4, 0.5) is 5.69 Å². The average Bonchev–Trinajstić information content (AvgIpc) is 3.16. The van der Waals surface area contributed by atoms with Gasteiger partial charge in [0.15, 0.2) is 11.5 Å². The number of hydrogen-bond donors (Lipinski definition) is 1. The molecule has 1 aliphatic heterocycles. The number of fused-ring (bicyclic) bond motifs is 2. The van der Waals surface area contributed by atoms with Crippen molar-refractivity contribution in [2.24, 2.45) is 5.92 Å². The van der Waals surface area contributed by atoms with Crippen molar-refractivity contribution >= 4 is 34.2 Å². The number of carbonyl (C=O) groups excluding carboxylic acids is 1. The maximum atomic E-state index is 13.0. The minimum atomic E-state index is -0.211. The lowest BCUT2D eigenvalue weighted by Crippen LogP contribution is -2.28. The maximum absolute atomic E-state index is 13.0. The number of amides is 1. The fourth-order valence-electron chi connectivity index (χ4n) is 3.41. The fraction of sp³-hybridized carbons (Fsp3) is 0.318. The fourth-order valence-corrected chi connectivity index (χ4v) is 3.58. The van der Waals surface area contributed by atoms with Crippen LogP contribution in [-0.2, 0) is 17.8 Å². The Kier molecular flexibility index (Phi) is 5.63. The smallest absolute Gasteiger partial charge is 0.272 e. The molecule has 156 valence electrons. The molecule has 2 heterocycles. The van der Waals surface area contributed by atoms with E-state index in [9.17, 15) is 9.59 Å². The van der Waals surface area contributed by atoms with E-state index in [1.54, 1.807) is 34.9 Å². The topological polar surface area (TPSA) is 82.5 Å². The highest BCUT2D eigenvalue weighted by molar-refractivity contribution is 6.31. The lowest BCUT2D eigenvalue weighted by atomic mass is 10.1. The monoisotopic (exact) mass is 427 g/mol. The summed E-state index contributed by atoms with van der Waals surface area (Å²) in [5.74, 6) is 1.32. The van der Waals surface area contributed by atoms with Gasteiger partial charge in [-0.3, -0.25) is 9.59 Å². The number of aromatic nitrogens is 2. The summed E-state index contributed by atoms with van der Waals surface area (Å²) >= 11 is 6.12. The zero-order chi connectivity index (χ0) is 21.3. The molecule has 0 saturated heterocycles. The second-order valence-electron chi connectivity index (χ2n) is 7.62. The molecule has 7 nitrogen and oxygen atoms in total. The molecule has 1 N–H and O–H groups in total. The van der Waals surface area contributed by atoms with E-state index in [1.165, 1.54) is 0 Å². The normalized spacial score (nSPS) is 12.5. The van der Waals surface area contributed by atoms with E-state index in [1.807, 2.05) is 19.9 Å². The molecule has 0 bridgehead atoms. The molecule has 2 aromatic carbocycles. The van der Waals surface area contributed by atoms with E-state index in [0.717, 1.165) is 5.52 Å². The van der Waals surface area contributed by atoms with E-state index in [4.69, 9.17) is 21.1 Å². The largest absolute Gasteiger partial charge is 0.454 e. The zero-order valence-corrected chi connectivity index (χ0v) is 17.5. The third-order valence-corrected chi connectivity index (χ3v) is 5.00. The summed E-state index contributed by atoms with van der Waals surface area (Å²) in [5, 5.41) is 3.37. The van der Waals surface area contributed by atoms with Crippen molar-refractivity contribution in [3.63, 3.8) is 0 Å². The SMILES string of the molecule is CC(C)Cn1c(=O)c(CCC(=O)Nc2ccc3c(c2)OCO3)nc2cc(Cl)ccc21. The first-order valence-electron chi connectivity index (χ1n) is 9.79. The summed E-state index contributed by atoms with van der Waals surface area (Å²) in [6, 6.07) is 10.5. The van der Waals surface area contributed by atoms with Crippen molar-refractivity contribution in [3.05, 3.63) is 57.5 Å². The minimum Gasteiger partial charge on any atom is -0.454 e. The molecule has 3 aromatic rings. The highest BCUT2D eigenvalue weighted by Gasteiger charge is 2.16. The van der Waals surface area contributed by atoms with E-state index in [2.05, 4.69) is 10.3 Å². The molecule has 30 heavy (non-hydrogen) atoms. The molecule has 0 radical (unpaired) electrons. The lowest BCUT2D eigenvalue weighted by Gasteiger charge is -2.14. The van der Waals surface area contributed by atoms with Gasteiger partial charge in [-0.2, -0.15) is 0 Å². The van der Waals surface area contributed by atoms with Crippen molar-refractivity contribution in [1.29, 1.82) is 0 Å². The average molecular weight is 428 g/mol. The number of nitrogens with zero attached hydrogens (tertiary/aromatic N) is 2. The first-order chi connectivity index (χ1) is 14.4. The van der Waals surface area contributed by atoms with E-state index in [-0.39, 0.29) is 37.0 Å². The highest BCUT2D eigenvalue weighted by Crippen LogP contribution is 2.34. The second-order valence-corrected chi connectivity index (χ2v) is 8.05. The molecule has 8 heteroatoms. The number of benzene rings is 2. The Morgan fingerprint density at radius 2 is 2.00 bits per heavy atom. The number of carbonyl (C=O) groups is 1. The first-order valence-corrected chi connectivity index (χ1v) is 10.2. The van der Waals surface area contributed by atoms with Crippen molar-refractivity contribution < 1.29 is 14.3 Å². The van der Waals surface area contributed by atoms with Crippen LogP contribution in [0.25, 0.3) is 11.0 Å². The van der Waals surface area contributed by atoms with Gasteiger partial charge in [-0.25, -0.2) is 4.98 Å². The molecule has 0 saturated carbocycles. The van der Waals surface area contributed by atoms with Crippen molar-refractivity contribution in [2.75, 3.05) is 12.1 Å². The number of hydrogen-bond acceptors (Lipinski definition) is 5. The number of anilines is 1. The third-order valence-electron chi connectivity index (χ3n) is 4.77. The summed E-state index contributed by atoms with van der Waals surface area (Å²) in [6.45, 7) is 4.84. The number of ether oxygens (including phenoxy) is 2. The van der Waals surface area contributed by atoms with Crippen LogP contribution in [0.2, 0.25) is 5.02 Å². The summed E-state index contributed by atoms with van der Waals surface area (Å²) in [5.41, 5.74) is 2.18. The molecule has 0 unspecified atom stereocenters. The van der Waals surface area contributed by atoms with Gasteiger partial charge in [-0.15, -0.1) is 0 Å². The standard InChI is InChI=1S/C22H22ClN3O4/c1-13(2)11-26-18-6-3-14(23)9-17(18)25-16(22(26)28)5-8-21(27)24-15-4-7-19-20(10-15)30-12-29-19/h3-4,6-7,9-10,13H,5,8,11-12H2,1-2H3,(H,24,27). The molecule has 0 fully saturated rings. The summed E-state index contributed by atoms with van der Waals surface area (Å²) in [4.78, 5) is 29.9. The van der Waals surface area contributed by atoms with Crippen LogP contribution < -0.4 is 20.3 Å². The lowest BCUT2D eigenvalue weighted by molar-refractivity contribution is -0.116. The summed E-state index contributed by atoms with van der Waals surface area (Å²) in [7, 11) is 0. The van der Waals surface area contributed by atoms with Crippen LogP contribution >= 0.6 is 11.6 Å². The molecule has 1 aromatic heterocycles. The van der Waals surface area contributed by atoms with Gasteiger partial charge in [0.25, 0.3) is 5.56 Å². The van der Waals surface area contributed by atoms with Gasteiger partial charge >= 0.3 is 0 Å². The minimum absolute atomic E-state index is 0.129. The van der Waals surface area contributed by atoms with Crippen LogP contribution in [0.3, 0.4) is 0 Å². The Morgan fingerprint density at radius 1 is 1.20 bits per heavy atom. The van der Waals surface area contributed by atoms with Gasteiger partial charge in [-0.1, -0.05) is 25.4 Å². The van der Waals surface area contributed by atoms with Gasteiger partial charge in [-0.05, 0) is 36.2 Å². The van der Waals surface area contributed by atoms with Gasteiger partial charge in [0.2, 0.25) is 12.7 Å². The predicted molar refractivity (Wildman–Crippen MR) is 115 cm³/mol. The number of aryl methyl sites for hydroxylation is 1. The predicted octanol–water partition coefficient (Wildman–Crippen LogP) is 4.01. The summed E-state index contributed by atoms with van der Waals surface area (Å²) < 4.78 is 12.3. The van der Waals surface area contributed by atoms with Crippen LogP contribution in [0.15, 0.2) is 41.2 Å². The molecule has 0 spiro atoms.